The Morgan fingerprint density at radius 2 is 1.79 bits per heavy atom. The molecule has 0 bridgehead atoms. The van der Waals surface area contributed by atoms with E-state index in [-0.39, 0.29) is 11.7 Å². The van der Waals surface area contributed by atoms with Crippen LogP contribution in [0.3, 0.4) is 0 Å². The Morgan fingerprint density at radius 1 is 1.10 bits per heavy atom. The third-order valence-corrected chi connectivity index (χ3v) is 5.61. The van der Waals surface area contributed by atoms with E-state index in [0.717, 1.165) is 24.7 Å². The van der Waals surface area contributed by atoms with Crippen LogP contribution < -0.4 is 10.2 Å². The van der Waals surface area contributed by atoms with Crippen LogP contribution in [-0.4, -0.2) is 28.8 Å². The van der Waals surface area contributed by atoms with Gasteiger partial charge in [-0.2, -0.15) is 5.10 Å². The van der Waals surface area contributed by atoms with Crippen molar-refractivity contribution in [1.82, 2.24) is 9.78 Å². The first-order valence-electron chi connectivity index (χ1n) is 9.99. The summed E-state index contributed by atoms with van der Waals surface area (Å²) in [5.74, 6) is 0.149. The monoisotopic (exact) mass is 392 g/mol. The molecule has 0 atom stereocenters. The minimum Gasteiger partial charge on any atom is -0.372 e. The number of carbonyl (C=O) groups is 1. The molecule has 0 saturated carbocycles. The molecule has 1 amide bonds. The minimum absolute atomic E-state index is 0.260. The molecule has 150 valence electrons. The Morgan fingerprint density at radius 3 is 2.48 bits per heavy atom. The SMILES string of the molecule is Cc1c(C(=O)Nc2ccc(N3CCC(C)CC3)cc2)cnn1-c1ccccc1F. The highest BCUT2D eigenvalue weighted by Crippen LogP contribution is 2.25. The predicted octanol–water partition coefficient (Wildman–Crippen LogP) is 4.81. The number of nitrogens with one attached hydrogen (secondary N) is 1. The second-order valence-electron chi connectivity index (χ2n) is 7.68. The first kappa shape index (κ1) is 19.2. The first-order valence-corrected chi connectivity index (χ1v) is 9.99. The second-order valence-corrected chi connectivity index (χ2v) is 7.68. The molecule has 2 aromatic carbocycles. The van der Waals surface area contributed by atoms with Crippen molar-refractivity contribution < 1.29 is 9.18 Å². The van der Waals surface area contributed by atoms with Gasteiger partial charge in [-0.05, 0) is 62.1 Å². The molecule has 1 fully saturated rings. The number of para-hydroxylation sites is 1. The third kappa shape index (κ3) is 4.01. The largest absolute Gasteiger partial charge is 0.372 e. The maximum atomic E-state index is 14.1. The standard InChI is InChI=1S/C23H25FN4O/c1-16-11-13-27(14-12-16)19-9-7-18(8-10-19)26-23(29)20-15-25-28(17(20)2)22-6-4-3-5-21(22)24/h3-10,15-16H,11-14H2,1-2H3,(H,26,29). The molecule has 1 aliphatic rings. The number of anilines is 2. The molecule has 5 nitrogen and oxygen atoms in total. The van der Waals surface area contributed by atoms with Crippen LogP contribution in [0.2, 0.25) is 0 Å². The van der Waals surface area contributed by atoms with Crippen molar-refractivity contribution in [3.8, 4) is 5.69 Å². The highest BCUT2D eigenvalue weighted by molar-refractivity contribution is 6.05. The Labute approximate surface area is 170 Å². The maximum absolute atomic E-state index is 14.1. The zero-order valence-electron chi connectivity index (χ0n) is 16.7. The number of carbonyl (C=O) groups excluding carboxylic acids is 1. The summed E-state index contributed by atoms with van der Waals surface area (Å²) in [7, 11) is 0. The molecule has 0 aliphatic carbocycles. The molecule has 0 unspecified atom stereocenters. The lowest BCUT2D eigenvalue weighted by atomic mass is 9.99. The van der Waals surface area contributed by atoms with Crippen molar-refractivity contribution in [1.29, 1.82) is 0 Å². The van der Waals surface area contributed by atoms with Crippen molar-refractivity contribution in [2.75, 3.05) is 23.3 Å². The van der Waals surface area contributed by atoms with Crippen molar-refractivity contribution in [3.05, 3.63) is 71.8 Å². The van der Waals surface area contributed by atoms with Gasteiger partial charge in [0.05, 0.1) is 17.5 Å². The molecule has 6 heteroatoms. The summed E-state index contributed by atoms with van der Waals surface area (Å²) in [6.45, 7) is 6.20. The fourth-order valence-electron chi connectivity index (χ4n) is 3.72. The molecule has 1 N–H and O–H groups in total. The summed E-state index contributed by atoms with van der Waals surface area (Å²) in [4.78, 5) is 15.1. The van der Waals surface area contributed by atoms with Gasteiger partial charge in [0.1, 0.15) is 11.5 Å². The number of aromatic nitrogens is 2. The Balaban J connectivity index is 1.47. The lowest BCUT2D eigenvalue weighted by Gasteiger charge is -2.32. The van der Waals surface area contributed by atoms with E-state index in [4.69, 9.17) is 0 Å². The summed E-state index contributed by atoms with van der Waals surface area (Å²) >= 11 is 0. The van der Waals surface area contributed by atoms with E-state index in [9.17, 15) is 9.18 Å². The van der Waals surface area contributed by atoms with Gasteiger partial charge >= 0.3 is 0 Å². The van der Waals surface area contributed by atoms with E-state index in [1.807, 2.05) is 24.3 Å². The van der Waals surface area contributed by atoms with Gasteiger partial charge < -0.3 is 10.2 Å². The fraction of sp³-hybridized carbons (Fsp3) is 0.304. The van der Waals surface area contributed by atoms with Crippen molar-refractivity contribution >= 4 is 17.3 Å². The zero-order valence-corrected chi connectivity index (χ0v) is 16.7. The minimum atomic E-state index is -0.381. The number of halogens is 1. The lowest BCUT2D eigenvalue weighted by molar-refractivity contribution is 0.102. The smallest absolute Gasteiger partial charge is 0.259 e. The Bertz CT molecular complexity index is 1000. The van der Waals surface area contributed by atoms with Gasteiger partial charge in [0, 0.05) is 24.5 Å². The highest BCUT2D eigenvalue weighted by atomic mass is 19.1. The number of piperidine rings is 1. The van der Waals surface area contributed by atoms with Crippen LogP contribution in [0.4, 0.5) is 15.8 Å². The second kappa shape index (κ2) is 8.07. The third-order valence-electron chi connectivity index (χ3n) is 5.61. The van der Waals surface area contributed by atoms with E-state index in [1.54, 1.807) is 25.1 Å². The van der Waals surface area contributed by atoms with Crippen molar-refractivity contribution in [2.24, 2.45) is 5.92 Å². The van der Waals surface area contributed by atoms with Gasteiger partial charge in [0.15, 0.2) is 0 Å². The average molecular weight is 392 g/mol. The van der Waals surface area contributed by atoms with Gasteiger partial charge in [0.25, 0.3) is 5.91 Å². The average Bonchev–Trinajstić information content (AvgIpc) is 3.11. The molecule has 0 spiro atoms. The molecule has 2 heterocycles. The molecule has 1 saturated heterocycles. The van der Waals surface area contributed by atoms with Gasteiger partial charge in [0.2, 0.25) is 0 Å². The molecule has 4 rings (SSSR count). The normalized spacial score (nSPS) is 14.8. The summed E-state index contributed by atoms with van der Waals surface area (Å²) in [6.07, 6.45) is 3.90. The molecule has 0 radical (unpaired) electrons. The van der Waals surface area contributed by atoms with E-state index >= 15 is 0 Å². The zero-order chi connectivity index (χ0) is 20.4. The summed E-state index contributed by atoms with van der Waals surface area (Å²) in [6, 6.07) is 14.3. The highest BCUT2D eigenvalue weighted by Gasteiger charge is 2.18. The number of benzene rings is 2. The van der Waals surface area contributed by atoms with Crippen LogP contribution in [0.5, 0.6) is 0 Å². The quantitative estimate of drug-likeness (QED) is 0.693. The summed E-state index contributed by atoms with van der Waals surface area (Å²) < 4.78 is 15.5. The molecule has 3 aromatic rings. The van der Waals surface area contributed by atoms with Crippen molar-refractivity contribution in [2.45, 2.75) is 26.7 Å². The molecule has 29 heavy (non-hydrogen) atoms. The molecule has 1 aliphatic heterocycles. The van der Waals surface area contributed by atoms with E-state index in [0.29, 0.717) is 16.9 Å². The fourth-order valence-corrected chi connectivity index (χ4v) is 3.72. The van der Waals surface area contributed by atoms with Crippen molar-refractivity contribution in [3.63, 3.8) is 0 Å². The van der Waals surface area contributed by atoms with E-state index in [1.165, 1.54) is 35.5 Å². The van der Waals surface area contributed by atoms with E-state index in [2.05, 4.69) is 22.2 Å². The number of hydrogen-bond donors (Lipinski definition) is 1. The van der Waals surface area contributed by atoms with Gasteiger partial charge in [-0.1, -0.05) is 19.1 Å². The van der Waals surface area contributed by atoms with Gasteiger partial charge in [-0.3, -0.25) is 4.79 Å². The Hall–Kier alpha value is -3.15. The first-order chi connectivity index (χ1) is 14.0. The number of rotatable bonds is 4. The predicted molar refractivity (Wildman–Crippen MR) is 113 cm³/mol. The lowest BCUT2D eigenvalue weighted by Crippen LogP contribution is -2.32. The number of hydrogen-bond acceptors (Lipinski definition) is 3. The summed E-state index contributed by atoms with van der Waals surface area (Å²) in [5.41, 5.74) is 3.24. The number of amides is 1. The molecule has 1 aromatic heterocycles. The van der Waals surface area contributed by atoms with Crippen LogP contribution in [0.25, 0.3) is 5.69 Å². The van der Waals surface area contributed by atoms with Gasteiger partial charge in [-0.15, -0.1) is 0 Å². The van der Waals surface area contributed by atoms with Crippen LogP contribution in [-0.2, 0) is 0 Å². The Kier molecular flexibility index (Phi) is 5.34. The van der Waals surface area contributed by atoms with Crippen LogP contribution >= 0.6 is 0 Å². The van der Waals surface area contributed by atoms with Crippen LogP contribution in [0, 0.1) is 18.7 Å². The molecular formula is C23H25FN4O. The molecular weight excluding hydrogens is 367 g/mol. The summed E-state index contributed by atoms with van der Waals surface area (Å²) in [5, 5.41) is 7.11. The number of nitrogens with zero attached hydrogens (tertiary/aromatic N) is 3. The topological polar surface area (TPSA) is 50.2 Å². The van der Waals surface area contributed by atoms with E-state index < -0.39 is 0 Å². The maximum Gasteiger partial charge on any atom is 0.259 e. The van der Waals surface area contributed by atoms with Gasteiger partial charge in [-0.25, -0.2) is 9.07 Å². The van der Waals surface area contributed by atoms with Crippen LogP contribution in [0.1, 0.15) is 35.8 Å². The van der Waals surface area contributed by atoms with Crippen LogP contribution in [0.15, 0.2) is 54.7 Å².